The van der Waals surface area contributed by atoms with E-state index in [9.17, 15) is 22.8 Å². The first kappa shape index (κ1) is 17.9. The van der Waals surface area contributed by atoms with Gasteiger partial charge in [-0.25, -0.2) is 0 Å². The fourth-order valence-corrected chi connectivity index (χ4v) is 2.89. The molecule has 1 heterocycles. The molecule has 0 aromatic heterocycles. The number of anilines is 1. The van der Waals surface area contributed by atoms with Gasteiger partial charge in [0, 0.05) is 12.2 Å². The zero-order valence-electron chi connectivity index (χ0n) is 13.9. The molecule has 3 rings (SSSR count). The van der Waals surface area contributed by atoms with Crippen LogP contribution in [0.4, 0.5) is 18.9 Å². The lowest BCUT2D eigenvalue weighted by molar-refractivity contribution is -0.137. The summed E-state index contributed by atoms with van der Waals surface area (Å²) in [5.74, 6) is -0.904. The van der Waals surface area contributed by atoms with Crippen LogP contribution >= 0.6 is 0 Å². The fourth-order valence-electron chi connectivity index (χ4n) is 2.89. The third-order valence-electron chi connectivity index (χ3n) is 4.15. The topological polar surface area (TPSA) is 66.6 Å². The molecule has 0 radical (unpaired) electrons. The van der Waals surface area contributed by atoms with Gasteiger partial charge >= 0.3 is 6.18 Å². The molecule has 2 aromatic rings. The molecule has 0 spiro atoms. The van der Waals surface area contributed by atoms with E-state index in [0.29, 0.717) is 5.56 Å². The molecule has 0 bridgehead atoms. The van der Waals surface area contributed by atoms with Gasteiger partial charge < -0.3 is 5.73 Å². The Hall–Kier alpha value is -2.87. The van der Waals surface area contributed by atoms with Crippen LogP contribution in [0.2, 0.25) is 0 Å². The molecule has 2 N–H and O–H groups in total. The summed E-state index contributed by atoms with van der Waals surface area (Å²) < 4.78 is 37.8. The van der Waals surface area contributed by atoms with Crippen LogP contribution in [0.1, 0.15) is 31.8 Å². The van der Waals surface area contributed by atoms with Gasteiger partial charge in [0.2, 0.25) is 0 Å². The lowest BCUT2D eigenvalue weighted by atomic mass is 10.1. The number of fused-ring (bicyclic) bond motifs is 1. The van der Waals surface area contributed by atoms with Crippen LogP contribution in [0.15, 0.2) is 42.5 Å². The molecule has 0 fully saturated rings. The van der Waals surface area contributed by atoms with Crippen LogP contribution in [-0.4, -0.2) is 35.3 Å². The minimum atomic E-state index is -4.38. The maximum Gasteiger partial charge on any atom is 0.416 e. The first-order valence-electron chi connectivity index (χ1n) is 7.78. The highest BCUT2D eigenvalue weighted by molar-refractivity contribution is 6.23. The smallest absolute Gasteiger partial charge is 0.398 e. The molecule has 2 amide bonds. The molecule has 5 nitrogen and oxygen atoms in total. The minimum absolute atomic E-state index is 0.00675. The van der Waals surface area contributed by atoms with E-state index < -0.39 is 23.6 Å². The van der Waals surface area contributed by atoms with E-state index in [1.165, 1.54) is 12.1 Å². The number of amides is 2. The molecule has 0 atom stereocenters. The van der Waals surface area contributed by atoms with Gasteiger partial charge in [0.15, 0.2) is 0 Å². The monoisotopic (exact) mass is 363 g/mol. The van der Waals surface area contributed by atoms with E-state index in [-0.39, 0.29) is 30.0 Å². The second kappa shape index (κ2) is 6.45. The van der Waals surface area contributed by atoms with Gasteiger partial charge in [0.1, 0.15) is 0 Å². The average Bonchev–Trinajstić information content (AvgIpc) is 2.80. The third-order valence-corrected chi connectivity index (χ3v) is 4.15. The van der Waals surface area contributed by atoms with Crippen LogP contribution < -0.4 is 5.73 Å². The van der Waals surface area contributed by atoms with Crippen molar-refractivity contribution < 1.29 is 22.8 Å². The third kappa shape index (κ3) is 3.28. The largest absolute Gasteiger partial charge is 0.416 e. The number of nitrogen functional groups attached to an aromatic ring is 1. The Bertz CT molecular complexity index is 863. The molecule has 136 valence electrons. The van der Waals surface area contributed by atoms with E-state index in [0.717, 1.165) is 17.0 Å². The normalized spacial score (nSPS) is 14.3. The van der Waals surface area contributed by atoms with Crippen LogP contribution in [-0.2, 0) is 12.7 Å². The van der Waals surface area contributed by atoms with Crippen LogP contribution in [0, 0.1) is 0 Å². The number of hydrogen-bond acceptors (Lipinski definition) is 4. The van der Waals surface area contributed by atoms with Crippen molar-refractivity contribution in [2.45, 2.75) is 12.7 Å². The number of benzene rings is 2. The molecule has 0 saturated heterocycles. The zero-order chi connectivity index (χ0) is 19.1. The first-order valence-corrected chi connectivity index (χ1v) is 7.78. The predicted octanol–water partition coefficient (Wildman–Crippen LogP) is 2.97. The van der Waals surface area contributed by atoms with Crippen LogP contribution in [0.3, 0.4) is 0 Å². The Labute approximate surface area is 147 Å². The number of alkyl halides is 3. The predicted molar refractivity (Wildman–Crippen MR) is 89.1 cm³/mol. The molecule has 26 heavy (non-hydrogen) atoms. The second-order valence-electron chi connectivity index (χ2n) is 6.16. The molecule has 0 saturated carbocycles. The second-order valence-corrected chi connectivity index (χ2v) is 6.16. The highest BCUT2D eigenvalue weighted by Gasteiger charge is 2.37. The number of hydrogen-bond donors (Lipinski definition) is 1. The first-order chi connectivity index (χ1) is 12.2. The summed E-state index contributed by atoms with van der Waals surface area (Å²) in [7, 11) is 1.67. The van der Waals surface area contributed by atoms with Crippen molar-refractivity contribution in [1.29, 1.82) is 0 Å². The maximum atomic E-state index is 12.6. The van der Waals surface area contributed by atoms with E-state index in [1.54, 1.807) is 30.1 Å². The summed E-state index contributed by atoms with van der Waals surface area (Å²) in [6.07, 6.45) is -4.38. The van der Waals surface area contributed by atoms with Gasteiger partial charge in [-0.3, -0.25) is 19.4 Å². The summed E-state index contributed by atoms with van der Waals surface area (Å²) in [6.45, 7) is 0.286. The summed E-state index contributed by atoms with van der Waals surface area (Å²) in [5, 5.41) is 0. The molecule has 2 aromatic carbocycles. The summed E-state index contributed by atoms with van der Waals surface area (Å²) in [4.78, 5) is 27.6. The average molecular weight is 363 g/mol. The van der Waals surface area contributed by atoms with E-state index in [2.05, 4.69) is 0 Å². The highest BCUT2D eigenvalue weighted by atomic mass is 19.4. The standard InChI is InChI=1S/C18H16F3N3O2/c1-23(9-11-5-7-12(8-6-11)18(19,20)21)10-24-16(25)13-3-2-4-14(22)15(13)17(24)26/h2-8H,9-10,22H2,1H3. The Morgan fingerprint density at radius 1 is 1.04 bits per heavy atom. The fraction of sp³-hybridized carbons (Fsp3) is 0.222. The summed E-state index contributed by atoms with van der Waals surface area (Å²) >= 11 is 0. The van der Waals surface area contributed by atoms with Crippen molar-refractivity contribution in [3.05, 3.63) is 64.7 Å². The Morgan fingerprint density at radius 3 is 2.27 bits per heavy atom. The highest BCUT2D eigenvalue weighted by Crippen LogP contribution is 2.30. The number of carbonyl (C=O) groups is 2. The lowest BCUT2D eigenvalue weighted by Gasteiger charge is -2.23. The van der Waals surface area contributed by atoms with Crippen molar-refractivity contribution in [1.82, 2.24) is 9.80 Å². The van der Waals surface area contributed by atoms with E-state index in [1.807, 2.05) is 0 Å². The minimum Gasteiger partial charge on any atom is -0.398 e. The van der Waals surface area contributed by atoms with Gasteiger partial charge in [-0.15, -0.1) is 0 Å². The zero-order valence-corrected chi connectivity index (χ0v) is 13.9. The molecule has 0 unspecified atom stereocenters. The number of carbonyl (C=O) groups excluding carboxylic acids is 2. The SMILES string of the molecule is CN(Cc1ccc(C(F)(F)F)cc1)CN1C(=O)c2cccc(N)c2C1=O. The number of halogens is 3. The van der Waals surface area contributed by atoms with E-state index >= 15 is 0 Å². The Balaban J connectivity index is 1.69. The Morgan fingerprint density at radius 2 is 1.69 bits per heavy atom. The van der Waals surface area contributed by atoms with Crippen LogP contribution in [0.25, 0.3) is 0 Å². The molecular formula is C18H16F3N3O2. The lowest BCUT2D eigenvalue weighted by Crippen LogP contribution is -2.39. The maximum absolute atomic E-state index is 12.6. The quantitative estimate of drug-likeness (QED) is 0.670. The molecule has 0 aliphatic carbocycles. The number of imide groups is 1. The van der Waals surface area contributed by atoms with Gasteiger partial charge in [-0.2, -0.15) is 13.2 Å². The molecule has 1 aliphatic heterocycles. The van der Waals surface area contributed by atoms with Gasteiger partial charge in [-0.1, -0.05) is 18.2 Å². The van der Waals surface area contributed by atoms with E-state index in [4.69, 9.17) is 5.73 Å². The van der Waals surface area contributed by atoms with Crippen molar-refractivity contribution in [3.8, 4) is 0 Å². The van der Waals surface area contributed by atoms with Crippen molar-refractivity contribution >= 4 is 17.5 Å². The van der Waals surface area contributed by atoms with Gasteiger partial charge in [-0.05, 0) is 36.9 Å². The summed E-state index contributed by atoms with van der Waals surface area (Å²) in [6, 6.07) is 9.47. The summed E-state index contributed by atoms with van der Waals surface area (Å²) in [5.41, 5.74) is 6.40. The Kier molecular flexibility index (Phi) is 4.45. The van der Waals surface area contributed by atoms with Crippen molar-refractivity contribution in [2.75, 3.05) is 19.5 Å². The van der Waals surface area contributed by atoms with Crippen LogP contribution in [0.5, 0.6) is 0 Å². The van der Waals surface area contributed by atoms with Crippen molar-refractivity contribution in [2.24, 2.45) is 0 Å². The molecular weight excluding hydrogens is 347 g/mol. The molecule has 1 aliphatic rings. The number of nitrogens with zero attached hydrogens (tertiary/aromatic N) is 2. The van der Waals surface area contributed by atoms with Gasteiger partial charge in [0.25, 0.3) is 11.8 Å². The number of nitrogens with two attached hydrogens (primary N) is 1. The van der Waals surface area contributed by atoms with Gasteiger partial charge in [0.05, 0.1) is 23.4 Å². The van der Waals surface area contributed by atoms with Crippen molar-refractivity contribution in [3.63, 3.8) is 0 Å². The number of rotatable bonds is 4. The molecule has 8 heteroatoms.